The summed E-state index contributed by atoms with van der Waals surface area (Å²) in [5, 5.41) is 9.23. The summed E-state index contributed by atoms with van der Waals surface area (Å²) in [6.07, 6.45) is 4.16. The Balaban J connectivity index is 1.46. The number of carbonyl (C=O) groups is 1. The van der Waals surface area contributed by atoms with Gasteiger partial charge in [-0.25, -0.2) is 0 Å². The summed E-state index contributed by atoms with van der Waals surface area (Å²) >= 11 is 6.00. The van der Waals surface area contributed by atoms with Gasteiger partial charge in [0, 0.05) is 58.0 Å². The minimum Gasteiger partial charge on any atom is -0.340 e. The van der Waals surface area contributed by atoms with Crippen LogP contribution in [0, 0.1) is 13.8 Å². The number of carbonyl (C=O) groups excluding carboxylic acids is 1. The Morgan fingerprint density at radius 3 is 2.52 bits per heavy atom. The van der Waals surface area contributed by atoms with E-state index in [9.17, 15) is 4.79 Å². The molecule has 3 rings (SSSR count). The van der Waals surface area contributed by atoms with Crippen molar-refractivity contribution in [2.45, 2.75) is 33.4 Å². The summed E-state index contributed by atoms with van der Waals surface area (Å²) in [7, 11) is 1.95. The lowest BCUT2D eigenvalue weighted by molar-refractivity contribution is -0.133. The van der Waals surface area contributed by atoms with Crippen LogP contribution in [0.15, 0.2) is 12.4 Å². The molecule has 7 nitrogen and oxygen atoms in total. The van der Waals surface area contributed by atoms with Gasteiger partial charge in [0.25, 0.3) is 0 Å². The minimum absolute atomic E-state index is 0.184. The molecule has 0 atom stereocenters. The van der Waals surface area contributed by atoms with Crippen molar-refractivity contribution in [3.8, 4) is 0 Å². The van der Waals surface area contributed by atoms with E-state index >= 15 is 0 Å². The highest BCUT2D eigenvalue weighted by atomic mass is 35.5. The molecule has 1 fully saturated rings. The van der Waals surface area contributed by atoms with Gasteiger partial charge in [0.05, 0.1) is 29.2 Å². The van der Waals surface area contributed by atoms with E-state index in [1.165, 1.54) is 5.56 Å². The molecule has 1 aliphatic rings. The third kappa shape index (κ3) is 4.22. The van der Waals surface area contributed by atoms with Crippen molar-refractivity contribution < 1.29 is 4.79 Å². The van der Waals surface area contributed by atoms with Crippen LogP contribution in [0.4, 0.5) is 0 Å². The fraction of sp³-hybridized carbons (Fsp3) is 0.588. The fourth-order valence-corrected chi connectivity index (χ4v) is 3.35. The maximum Gasteiger partial charge on any atom is 0.224 e. The summed E-state index contributed by atoms with van der Waals surface area (Å²) in [5.41, 5.74) is 3.24. The SMILES string of the molecule is Cc1nn(C)cc1CN1CCN(C(=O)CCn2ncc(Cl)c2C)CC1. The van der Waals surface area contributed by atoms with Crippen LogP contribution < -0.4 is 0 Å². The Bertz CT molecular complexity index is 744. The highest BCUT2D eigenvalue weighted by molar-refractivity contribution is 6.31. The second kappa shape index (κ2) is 7.58. The second-order valence-electron chi connectivity index (χ2n) is 6.62. The number of rotatable bonds is 5. The smallest absolute Gasteiger partial charge is 0.224 e. The van der Waals surface area contributed by atoms with Crippen LogP contribution in [-0.4, -0.2) is 61.4 Å². The molecule has 0 radical (unpaired) electrons. The normalized spacial score (nSPS) is 15.8. The predicted octanol–water partition coefficient (Wildman–Crippen LogP) is 1.62. The minimum atomic E-state index is 0.184. The quantitative estimate of drug-likeness (QED) is 0.809. The van der Waals surface area contributed by atoms with E-state index in [4.69, 9.17) is 11.6 Å². The molecule has 3 heterocycles. The molecule has 1 saturated heterocycles. The van der Waals surface area contributed by atoms with Crippen LogP contribution in [-0.2, 0) is 24.9 Å². The Kier molecular flexibility index (Phi) is 5.44. The standard InChI is InChI=1S/C17H25ClN6O/c1-13-15(11-21(3)20-13)12-22-6-8-23(9-7-22)17(25)4-5-24-14(2)16(18)10-19-24/h10-11H,4-9,12H2,1-3H3. The lowest BCUT2D eigenvalue weighted by atomic mass is 10.2. The zero-order chi connectivity index (χ0) is 18.0. The number of piperazine rings is 1. The van der Waals surface area contributed by atoms with E-state index in [1.54, 1.807) is 10.9 Å². The zero-order valence-corrected chi connectivity index (χ0v) is 15.8. The molecular weight excluding hydrogens is 340 g/mol. The van der Waals surface area contributed by atoms with E-state index in [1.807, 2.05) is 30.5 Å². The molecule has 1 amide bonds. The highest BCUT2D eigenvalue weighted by Crippen LogP contribution is 2.15. The molecule has 25 heavy (non-hydrogen) atoms. The molecule has 136 valence electrons. The van der Waals surface area contributed by atoms with Gasteiger partial charge in [-0.05, 0) is 13.8 Å². The van der Waals surface area contributed by atoms with Gasteiger partial charge in [0.2, 0.25) is 5.91 Å². The van der Waals surface area contributed by atoms with Gasteiger partial charge in [-0.15, -0.1) is 0 Å². The van der Waals surface area contributed by atoms with Crippen LogP contribution in [0.5, 0.6) is 0 Å². The molecule has 0 saturated carbocycles. The second-order valence-corrected chi connectivity index (χ2v) is 7.03. The maximum atomic E-state index is 12.4. The van der Waals surface area contributed by atoms with Crippen LogP contribution in [0.3, 0.4) is 0 Å². The summed E-state index contributed by atoms with van der Waals surface area (Å²) in [6, 6.07) is 0. The summed E-state index contributed by atoms with van der Waals surface area (Å²) < 4.78 is 3.65. The Labute approximate surface area is 153 Å². The number of hydrogen-bond acceptors (Lipinski definition) is 4. The zero-order valence-electron chi connectivity index (χ0n) is 15.1. The summed E-state index contributed by atoms with van der Waals surface area (Å²) in [5.74, 6) is 0.184. The van der Waals surface area contributed by atoms with Gasteiger partial charge in [-0.1, -0.05) is 11.6 Å². The van der Waals surface area contributed by atoms with Gasteiger partial charge in [-0.2, -0.15) is 10.2 Å². The van der Waals surface area contributed by atoms with Gasteiger partial charge in [0.1, 0.15) is 0 Å². The van der Waals surface area contributed by atoms with E-state index in [0.717, 1.165) is 44.1 Å². The molecule has 2 aromatic heterocycles. The average molecular weight is 365 g/mol. The lowest BCUT2D eigenvalue weighted by Gasteiger charge is -2.34. The van der Waals surface area contributed by atoms with Gasteiger partial charge in [0.15, 0.2) is 0 Å². The molecule has 8 heteroatoms. The van der Waals surface area contributed by atoms with Crippen molar-refractivity contribution in [3.63, 3.8) is 0 Å². The van der Waals surface area contributed by atoms with Crippen LogP contribution in [0.25, 0.3) is 0 Å². The predicted molar refractivity (Wildman–Crippen MR) is 96.4 cm³/mol. The number of aryl methyl sites for hydroxylation is 3. The summed E-state index contributed by atoms with van der Waals surface area (Å²) in [4.78, 5) is 16.8. The Morgan fingerprint density at radius 2 is 1.96 bits per heavy atom. The van der Waals surface area contributed by atoms with E-state index in [2.05, 4.69) is 21.3 Å². The van der Waals surface area contributed by atoms with Crippen LogP contribution >= 0.6 is 11.6 Å². The Hall–Kier alpha value is -1.86. The molecule has 1 aliphatic heterocycles. The number of nitrogens with zero attached hydrogens (tertiary/aromatic N) is 6. The fourth-order valence-electron chi connectivity index (χ4n) is 3.21. The largest absolute Gasteiger partial charge is 0.340 e. The first-order chi connectivity index (χ1) is 11.9. The number of hydrogen-bond donors (Lipinski definition) is 0. The number of aromatic nitrogens is 4. The van der Waals surface area contributed by atoms with Gasteiger partial charge < -0.3 is 4.90 Å². The third-order valence-electron chi connectivity index (χ3n) is 4.81. The van der Waals surface area contributed by atoms with Crippen molar-refractivity contribution in [1.82, 2.24) is 29.4 Å². The lowest BCUT2D eigenvalue weighted by Crippen LogP contribution is -2.48. The average Bonchev–Trinajstić information content (AvgIpc) is 3.08. The maximum absolute atomic E-state index is 12.4. The number of halogens is 1. The topological polar surface area (TPSA) is 59.2 Å². The highest BCUT2D eigenvalue weighted by Gasteiger charge is 2.22. The molecule has 0 aromatic carbocycles. The van der Waals surface area contributed by atoms with E-state index < -0.39 is 0 Å². The first-order valence-electron chi connectivity index (χ1n) is 8.61. The first kappa shape index (κ1) is 17.9. The van der Waals surface area contributed by atoms with Gasteiger partial charge >= 0.3 is 0 Å². The molecule has 0 N–H and O–H groups in total. The molecule has 2 aromatic rings. The van der Waals surface area contributed by atoms with Crippen molar-refractivity contribution in [2.75, 3.05) is 26.2 Å². The van der Waals surface area contributed by atoms with Crippen LogP contribution in [0.1, 0.15) is 23.4 Å². The Morgan fingerprint density at radius 1 is 1.24 bits per heavy atom. The molecule has 0 spiro atoms. The van der Waals surface area contributed by atoms with Crippen molar-refractivity contribution in [2.24, 2.45) is 7.05 Å². The molecule has 0 bridgehead atoms. The molecule has 0 unspecified atom stereocenters. The van der Waals surface area contributed by atoms with Crippen molar-refractivity contribution >= 4 is 17.5 Å². The summed E-state index contributed by atoms with van der Waals surface area (Å²) in [6.45, 7) is 8.77. The first-order valence-corrected chi connectivity index (χ1v) is 8.99. The van der Waals surface area contributed by atoms with E-state index in [-0.39, 0.29) is 5.91 Å². The van der Waals surface area contributed by atoms with Crippen molar-refractivity contribution in [3.05, 3.63) is 34.4 Å². The van der Waals surface area contributed by atoms with Crippen LogP contribution in [0.2, 0.25) is 5.02 Å². The monoisotopic (exact) mass is 364 g/mol. The number of amides is 1. The third-order valence-corrected chi connectivity index (χ3v) is 5.19. The molecule has 0 aliphatic carbocycles. The van der Waals surface area contributed by atoms with Crippen molar-refractivity contribution in [1.29, 1.82) is 0 Å². The van der Waals surface area contributed by atoms with Gasteiger partial charge in [-0.3, -0.25) is 19.1 Å². The molecular formula is C17H25ClN6O. The van der Waals surface area contributed by atoms with E-state index in [0.29, 0.717) is 18.0 Å².